The van der Waals surface area contributed by atoms with Crippen molar-refractivity contribution in [2.24, 2.45) is 5.92 Å². The van der Waals surface area contributed by atoms with E-state index < -0.39 is 0 Å². The zero-order valence-corrected chi connectivity index (χ0v) is 13.5. The van der Waals surface area contributed by atoms with Gasteiger partial charge in [-0.25, -0.2) is 4.98 Å². The summed E-state index contributed by atoms with van der Waals surface area (Å²) < 4.78 is 7.79. The molecule has 2 atom stereocenters. The van der Waals surface area contributed by atoms with Crippen LogP contribution in [0.4, 0.5) is 0 Å². The van der Waals surface area contributed by atoms with Crippen molar-refractivity contribution in [1.82, 2.24) is 20.1 Å². The third-order valence-corrected chi connectivity index (χ3v) is 4.22. The first kappa shape index (κ1) is 16.1. The molecule has 0 bridgehead atoms. The van der Waals surface area contributed by atoms with Gasteiger partial charge >= 0.3 is 0 Å². The molecule has 24 heavy (non-hydrogen) atoms. The van der Waals surface area contributed by atoms with Gasteiger partial charge in [-0.05, 0) is 31.5 Å². The topological polar surface area (TPSA) is 92.8 Å². The Morgan fingerprint density at radius 2 is 2.38 bits per heavy atom. The van der Waals surface area contributed by atoms with Crippen molar-refractivity contribution in [3.05, 3.63) is 47.5 Å². The molecule has 1 aliphatic rings. The molecule has 0 spiro atoms. The maximum absolute atomic E-state index is 12.3. The Hall–Kier alpha value is -2.72. The quantitative estimate of drug-likeness (QED) is 0.903. The largest absolute Gasteiger partial charge is 0.372 e. The number of aryl methyl sites for hydroxylation is 1. The Labute approximate surface area is 140 Å². The van der Waals surface area contributed by atoms with Gasteiger partial charge in [-0.2, -0.15) is 10.4 Å². The van der Waals surface area contributed by atoms with Crippen LogP contribution in [0.5, 0.6) is 0 Å². The Balaban J connectivity index is 1.65. The van der Waals surface area contributed by atoms with Gasteiger partial charge in [0.2, 0.25) is 0 Å². The fraction of sp³-hybridized carbons (Fsp3) is 0.412. The number of nitrogens with zero attached hydrogens (tertiary/aromatic N) is 4. The first-order valence-electron chi connectivity index (χ1n) is 8.00. The first-order valence-corrected chi connectivity index (χ1v) is 8.00. The molecule has 2 aromatic heterocycles. The van der Waals surface area contributed by atoms with Gasteiger partial charge < -0.3 is 10.1 Å². The Morgan fingerprint density at radius 1 is 1.50 bits per heavy atom. The summed E-state index contributed by atoms with van der Waals surface area (Å²) in [4.78, 5) is 16.2. The lowest BCUT2D eigenvalue weighted by Gasteiger charge is -2.20. The fourth-order valence-corrected chi connectivity index (χ4v) is 2.98. The normalized spacial score (nSPS) is 19.8. The molecule has 1 amide bonds. The van der Waals surface area contributed by atoms with Gasteiger partial charge in [0.15, 0.2) is 0 Å². The number of rotatable bonds is 5. The fourth-order valence-electron chi connectivity index (χ4n) is 2.98. The van der Waals surface area contributed by atoms with Crippen LogP contribution < -0.4 is 5.32 Å². The van der Waals surface area contributed by atoms with Crippen LogP contribution in [0.1, 0.15) is 41.2 Å². The number of amides is 1. The highest BCUT2D eigenvalue weighted by Crippen LogP contribution is 2.33. The third-order valence-electron chi connectivity index (χ3n) is 4.22. The van der Waals surface area contributed by atoms with E-state index in [4.69, 9.17) is 10.00 Å². The van der Waals surface area contributed by atoms with Crippen molar-refractivity contribution < 1.29 is 9.53 Å². The van der Waals surface area contributed by atoms with Crippen LogP contribution in [0.25, 0.3) is 0 Å². The zero-order chi connectivity index (χ0) is 16.9. The number of nitriles is 1. The maximum Gasteiger partial charge on any atom is 0.251 e. The second-order valence-corrected chi connectivity index (χ2v) is 5.66. The summed E-state index contributed by atoms with van der Waals surface area (Å²) in [5, 5.41) is 16.1. The van der Waals surface area contributed by atoms with E-state index in [1.807, 2.05) is 23.7 Å². The Morgan fingerprint density at radius 3 is 3.17 bits per heavy atom. The molecular weight excluding hydrogens is 306 g/mol. The van der Waals surface area contributed by atoms with E-state index in [-0.39, 0.29) is 23.6 Å². The molecule has 0 aromatic carbocycles. The molecule has 0 aliphatic carbocycles. The van der Waals surface area contributed by atoms with Crippen molar-refractivity contribution in [3.8, 4) is 6.07 Å². The minimum absolute atomic E-state index is 0.0557. The van der Waals surface area contributed by atoms with Crippen LogP contribution in [-0.4, -0.2) is 33.8 Å². The second-order valence-electron chi connectivity index (χ2n) is 5.66. The number of hydrogen-bond acceptors (Lipinski definition) is 5. The minimum Gasteiger partial charge on any atom is -0.372 e. The molecule has 1 fully saturated rings. The van der Waals surface area contributed by atoms with E-state index in [2.05, 4.69) is 15.4 Å². The van der Waals surface area contributed by atoms with Crippen LogP contribution in [0.3, 0.4) is 0 Å². The Bertz CT molecular complexity index is 764. The molecule has 0 unspecified atom stereocenters. The van der Waals surface area contributed by atoms with E-state index >= 15 is 0 Å². The first-order chi connectivity index (χ1) is 11.7. The predicted molar refractivity (Wildman–Crippen MR) is 86.0 cm³/mol. The average molecular weight is 325 g/mol. The number of nitrogens with one attached hydrogen (secondary N) is 1. The summed E-state index contributed by atoms with van der Waals surface area (Å²) >= 11 is 0. The molecule has 7 nitrogen and oxygen atoms in total. The molecule has 3 heterocycles. The van der Waals surface area contributed by atoms with Crippen molar-refractivity contribution in [1.29, 1.82) is 5.26 Å². The number of ether oxygens (including phenoxy) is 1. The SMILES string of the molecule is CCn1nccc1[C@@H]1OCC[C@H]1CNC(=O)c1ccnc(C#N)c1. The van der Waals surface area contributed by atoms with Gasteiger partial charge in [-0.3, -0.25) is 9.48 Å². The number of carbonyl (C=O) groups is 1. The predicted octanol–water partition coefficient (Wildman–Crippen LogP) is 1.68. The van der Waals surface area contributed by atoms with Crippen molar-refractivity contribution >= 4 is 5.91 Å². The average Bonchev–Trinajstić information content (AvgIpc) is 3.27. The minimum atomic E-state index is -0.205. The zero-order valence-electron chi connectivity index (χ0n) is 13.5. The van der Waals surface area contributed by atoms with Gasteiger partial charge in [-0.1, -0.05) is 0 Å². The van der Waals surface area contributed by atoms with Crippen LogP contribution in [0.15, 0.2) is 30.6 Å². The lowest BCUT2D eigenvalue weighted by molar-refractivity contribution is 0.0795. The van der Waals surface area contributed by atoms with E-state index in [9.17, 15) is 4.79 Å². The van der Waals surface area contributed by atoms with Crippen LogP contribution in [0.2, 0.25) is 0 Å². The van der Waals surface area contributed by atoms with Gasteiger partial charge in [0.1, 0.15) is 17.9 Å². The number of hydrogen-bond donors (Lipinski definition) is 1. The molecule has 1 saturated heterocycles. The van der Waals surface area contributed by atoms with Gasteiger partial charge in [0.25, 0.3) is 5.91 Å². The molecule has 2 aromatic rings. The highest BCUT2D eigenvalue weighted by molar-refractivity contribution is 5.94. The van der Waals surface area contributed by atoms with Gasteiger partial charge in [-0.15, -0.1) is 0 Å². The summed E-state index contributed by atoms with van der Waals surface area (Å²) in [5.74, 6) is -0.00299. The highest BCUT2D eigenvalue weighted by Gasteiger charge is 2.32. The number of carbonyl (C=O) groups excluding carboxylic acids is 1. The Kier molecular flexibility index (Phi) is 4.87. The van der Waals surface area contributed by atoms with Crippen LogP contribution in [0, 0.1) is 17.2 Å². The van der Waals surface area contributed by atoms with Crippen molar-refractivity contribution in [3.63, 3.8) is 0 Å². The monoisotopic (exact) mass is 325 g/mol. The summed E-state index contributed by atoms with van der Waals surface area (Å²) in [6.07, 6.45) is 4.07. The highest BCUT2D eigenvalue weighted by atomic mass is 16.5. The summed E-state index contributed by atoms with van der Waals surface area (Å²) in [7, 11) is 0. The van der Waals surface area contributed by atoms with Crippen LogP contribution in [-0.2, 0) is 11.3 Å². The maximum atomic E-state index is 12.3. The lowest BCUT2D eigenvalue weighted by atomic mass is 9.98. The van der Waals surface area contributed by atoms with E-state index in [1.165, 1.54) is 12.3 Å². The molecule has 1 N–H and O–H groups in total. The second kappa shape index (κ2) is 7.23. The standard InChI is InChI=1S/C17H19N5O2/c1-2-22-15(4-7-21-22)16-13(5-8-24-16)11-20-17(23)12-3-6-19-14(9-12)10-18/h3-4,6-7,9,13,16H,2,5,8,11H2,1H3,(H,20,23)/t13-,16+/m0/s1. The van der Waals surface area contributed by atoms with Crippen molar-refractivity contribution in [2.45, 2.75) is 26.0 Å². The molecule has 1 aliphatic heterocycles. The third kappa shape index (κ3) is 3.29. The van der Waals surface area contributed by atoms with Crippen molar-refractivity contribution in [2.75, 3.05) is 13.2 Å². The summed E-state index contributed by atoms with van der Waals surface area (Å²) in [6, 6.07) is 7.00. The van der Waals surface area contributed by atoms with E-state index in [1.54, 1.807) is 12.3 Å². The molecular formula is C17H19N5O2. The number of pyridine rings is 1. The molecule has 124 valence electrons. The molecule has 7 heteroatoms. The molecule has 0 radical (unpaired) electrons. The summed E-state index contributed by atoms with van der Waals surface area (Å²) in [6.45, 7) is 4.02. The van der Waals surface area contributed by atoms with Crippen LogP contribution >= 0.6 is 0 Å². The smallest absolute Gasteiger partial charge is 0.251 e. The lowest BCUT2D eigenvalue weighted by Crippen LogP contribution is -2.31. The van der Waals surface area contributed by atoms with Gasteiger partial charge in [0, 0.05) is 43.6 Å². The number of aromatic nitrogens is 3. The van der Waals surface area contributed by atoms with E-state index in [0.29, 0.717) is 18.7 Å². The van der Waals surface area contributed by atoms with Gasteiger partial charge in [0.05, 0.1) is 5.69 Å². The van der Waals surface area contributed by atoms with E-state index in [0.717, 1.165) is 18.7 Å². The molecule has 3 rings (SSSR count). The summed E-state index contributed by atoms with van der Waals surface area (Å²) in [5.41, 5.74) is 1.72. The molecule has 0 saturated carbocycles.